The third-order valence-electron chi connectivity index (χ3n) is 3.99. The molecule has 0 bridgehead atoms. The summed E-state index contributed by atoms with van der Waals surface area (Å²) in [5.74, 6) is -1.18. The van der Waals surface area contributed by atoms with Crippen molar-refractivity contribution in [1.82, 2.24) is 10.0 Å². The van der Waals surface area contributed by atoms with E-state index >= 15 is 0 Å². The smallest absolute Gasteiger partial charge is 0.127 e. The molecule has 1 aromatic carbocycles. The number of hydroxylamine groups is 2. The Hall–Kier alpha value is -2.27. The van der Waals surface area contributed by atoms with E-state index in [0.29, 0.717) is 17.0 Å². The van der Waals surface area contributed by atoms with E-state index in [-0.39, 0.29) is 5.92 Å². The van der Waals surface area contributed by atoms with E-state index in [1.165, 1.54) is 11.1 Å². The second-order valence-electron chi connectivity index (χ2n) is 5.44. The topological polar surface area (TPSA) is 25.4 Å². The minimum absolute atomic E-state index is 0.305. The number of pyridine rings is 1. The Bertz CT molecular complexity index is 731. The highest BCUT2D eigenvalue weighted by Gasteiger charge is 2.17. The van der Waals surface area contributed by atoms with Crippen LogP contribution in [0, 0.1) is 18.6 Å². The Labute approximate surface area is 135 Å². The van der Waals surface area contributed by atoms with Crippen molar-refractivity contribution in [3.8, 4) is 0 Å². The quantitative estimate of drug-likeness (QED) is 0.769. The summed E-state index contributed by atoms with van der Waals surface area (Å²) in [6.45, 7) is 7.67. The highest BCUT2D eigenvalue weighted by atomic mass is 19.1. The Balaban J connectivity index is 2.37. The van der Waals surface area contributed by atoms with Gasteiger partial charge >= 0.3 is 0 Å². The summed E-state index contributed by atoms with van der Waals surface area (Å²) in [6.07, 6.45) is 1.67. The van der Waals surface area contributed by atoms with Gasteiger partial charge in [0.2, 0.25) is 0 Å². The van der Waals surface area contributed by atoms with Gasteiger partial charge in [-0.25, -0.2) is 8.78 Å². The van der Waals surface area contributed by atoms with Gasteiger partial charge in [0.1, 0.15) is 11.6 Å². The third-order valence-corrected chi connectivity index (χ3v) is 3.99. The summed E-state index contributed by atoms with van der Waals surface area (Å²) in [7, 11) is 3.28. The molecule has 0 fully saturated rings. The fraction of sp³-hybridized carbons (Fsp3) is 0.278. The highest BCUT2D eigenvalue weighted by Crippen LogP contribution is 2.29. The molecular weight excluding hydrogens is 298 g/mol. The van der Waals surface area contributed by atoms with Crippen molar-refractivity contribution < 1.29 is 13.6 Å². The van der Waals surface area contributed by atoms with Crippen LogP contribution < -0.4 is 0 Å². The van der Waals surface area contributed by atoms with Gasteiger partial charge in [0.25, 0.3) is 0 Å². The van der Waals surface area contributed by atoms with Crippen LogP contribution in [0.2, 0.25) is 0 Å². The molecule has 1 unspecified atom stereocenters. The van der Waals surface area contributed by atoms with Crippen LogP contribution in [0.4, 0.5) is 8.78 Å². The number of nitrogens with zero attached hydrogens (tertiary/aromatic N) is 2. The molecule has 23 heavy (non-hydrogen) atoms. The molecule has 0 saturated carbocycles. The van der Waals surface area contributed by atoms with Crippen LogP contribution in [0.15, 0.2) is 37.0 Å². The molecule has 1 atom stereocenters. The summed E-state index contributed by atoms with van der Waals surface area (Å²) < 4.78 is 27.4. The fourth-order valence-corrected chi connectivity index (χ4v) is 2.46. The van der Waals surface area contributed by atoms with E-state index in [0.717, 1.165) is 23.3 Å². The maximum absolute atomic E-state index is 14.0. The molecule has 122 valence electrons. The lowest BCUT2D eigenvalue weighted by atomic mass is 9.90. The molecule has 1 heterocycles. The summed E-state index contributed by atoms with van der Waals surface area (Å²) in [6, 6.07) is 5.35. The lowest BCUT2D eigenvalue weighted by molar-refractivity contribution is -0.0527. The molecule has 0 N–H and O–H groups in total. The lowest BCUT2D eigenvalue weighted by Gasteiger charge is -2.20. The molecule has 0 saturated heterocycles. The maximum atomic E-state index is 14.0. The Kier molecular flexibility index (Phi) is 5.11. The molecule has 0 amide bonds. The minimum Gasteiger partial charge on any atom is -0.277 e. The van der Waals surface area contributed by atoms with Crippen LogP contribution in [0.25, 0.3) is 5.70 Å². The van der Waals surface area contributed by atoms with Crippen molar-refractivity contribution >= 4 is 5.70 Å². The average Bonchev–Trinajstić information content (AvgIpc) is 2.54. The number of aromatic nitrogens is 1. The van der Waals surface area contributed by atoms with Gasteiger partial charge in [-0.05, 0) is 47.9 Å². The van der Waals surface area contributed by atoms with E-state index in [4.69, 9.17) is 4.84 Å². The molecule has 1 aromatic heterocycles. The van der Waals surface area contributed by atoms with Crippen molar-refractivity contribution in [2.75, 3.05) is 14.2 Å². The van der Waals surface area contributed by atoms with Gasteiger partial charge in [-0.15, -0.1) is 0 Å². The van der Waals surface area contributed by atoms with Crippen molar-refractivity contribution in [3.63, 3.8) is 0 Å². The molecule has 0 aliphatic carbocycles. The second kappa shape index (κ2) is 6.87. The number of hydrogen-bond donors (Lipinski definition) is 0. The van der Waals surface area contributed by atoms with Gasteiger partial charge in [0.15, 0.2) is 0 Å². The van der Waals surface area contributed by atoms with Crippen molar-refractivity contribution in [2.45, 2.75) is 19.8 Å². The molecule has 0 radical (unpaired) electrons. The second-order valence-corrected chi connectivity index (χ2v) is 5.44. The number of hydrogen-bond acceptors (Lipinski definition) is 3. The zero-order valence-corrected chi connectivity index (χ0v) is 13.7. The molecule has 0 aliphatic rings. The molecule has 0 spiro atoms. The molecular formula is C18H20F2N2O. The first-order chi connectivity index (χ1) is 10.8. The van der Waals surface area contributed by atoms with Crippen LogP contribution in [-0.2, 0) is 4.84 Å². The number of halogens is 2. The predicted molar refractivity (Wildman–Crippen MR) is 86.7 cm³/mol. The van der Waals surface area contributed by atoms with Crippen molar-refractivity contribution in [3.05, 3.63) is 71.1 Å². The molecule has 5 heteroatoms. The number of aryl methyl sites for hydroxylation is 1. The van der Waals surface area contributed by atoms with E-state index in [9.17, 15) is 8.78 Å². The summed E-state index contributed by atoms with van der Waals surface area (Å²) in [5.41, 5.74) is 3.37. The van der Waals surface area contributed by atoms with E-state index < -0.39 is 11.6 Å². The van der Waals surface area contributed by atoms with Crippen molar-refractivity contribution in [1.29, 1.82) is 0 Å². The van der Waals surface area contributed by atoms with Crippen LogP contribution >= 0.6 is 0 Å². The lowest BCUT2D eigenvalue weighted by Crippen LogP contribution is -2.15. The monoisotopic (exact) mass is 318 g/mol. The zero-order chi connectivity index (χ0) is 17.1. The Morgan fingerprint density at radius 2 is 1.96 bits per heavy atom. The van der Waals surface area contributed by atoms with Gasteiger partial charge in [-0.1, -0.05) is 13.5 Å². The van der Waals surface area contributed by atoms with Gasteiger partial charge in [0.05, 0.1) is 18.5 Å². The summed E-state index contributed by atoms with van der Waals surface area (Å²) >= 11 is 0. The maximum Gasteiger partial charge on any atom is 0.127 e. The van der Waals surface area contributed by atoms with Gasteiger partial charge in [0, 0.05) is 19.2 Å². The molecule has 0 aliphatic heterocycles. The SMILES string of the molecule is C=C(c1cc(C)c(C(C)c2cc(F)ccc2F)cn1)N(C)OC. The Morgan fingerprint density at radius 3 is 2.57 bits per heavy atom. The van der Waals surface area contributed by atoms with E-state index in [2.05, 4.69) is 11.6 Å². The summed E-state index contributed by atoms with van der Waals surface area (Å²) in [5, 5.41) is 1.51. The zero-order valence-electron chi connectivity index (χ0n) is 13.7. The van der Waals surface area contributed by atoms with Crippen LogP contribution in [-0.4, -0.2) is 24.2 Å². The largest absolute Gasteiger partial charge is 0.277 e. The fourth-order valence-electron chi connectivity index (χ4n) is 2.46. The highest BCUT2D eigenvalue weighted by molar-refractivity contribution is 5.58. The molecule has 2 aromatic rings. The van der Waals surface area contributed by atoms with Gasteiger partial charge in [-0.3, -0.25) is 14.9 Å². The number of benzene rings is 1. The van der Waals surface area contributed by atoms with Crippen molar-refractivity contribution in [2.24, 2.45) is 0 Å². The van der Waals surface area contributed by atoms with E-state index in [1.54, 1.807) is 20.4 Å². The van der Waals surface area contributed by atoms with Crippen LogP contribution in [0.1, 0.15) is 35.2 Å². The minimum atomic E-state index is -0.453. The molecule has 2 rings (SSSR count). The molecule has 3 nitrogen and oxygen atoms in total. The third kappa shape index (κ3) is 3.56. The standard InChI is InChI=1S/C18H20F2N2O/c1-11-8-18(13(3)22(4)23-5)21-10-16(11)12(2)15-9-14(19)6-7-17(15)20/h6-10,12H,3H2,1-2,4-5H3. The van der Waals surface area contributed by atoms with Crippen LogP contribution in [0.3, 0.4) is 0 Å². The van der Waals surface area contributed by atoms with Gasteiger partial charge in [-0.2, -0.15) is 0 Å². The number of rotatable bonds is 5. The summed E-state index contributed by atoms with van der Waals surface area (Å²) in [4.78, 5) is 9.45. The van der Waals surface area contributed by atoms with Gasteiger partial charge < -0.3 is 0 Å². The first kappa shape index (κ1) is 17.1. The van der Waals surface area contributed by atoms with E-state index in [1.807, 2.05) is 19.9 Å². The average molecular weight is 318 g/mol. The van der Waals surface area contributed by atoms with Crippen LogP contribution in [0.5, 0.6) is 0 Å². The first-order valence-corrected chi connectivity index (χ1v) is 7.23. The first-order valence-electron chi connectivity index (χ1n) is 7.23. The Morgan fingerprint density at radius 1 is 1.26 bits per heavy atom. The predicted octanol–water partition coefficient (Wildman–Crippen LogP) is 4.28. The normalized spacial score (nSPS) is 12.1.